The molecule has 4 rings (SSSR count). The fourth-order valence-corrected chi connectivity index (χ4v) is 3.17. The van der Waals surface area contributed by atoms with Crippen LogP contribution in [0.4, 0.5) is 5.69 Å². The van der Waals surface area contributed by atoms with Crippen LogP contribution in [0.1, 0.15) is 42.1 Å². The van der Waals surface area contributed by atoms with Gasteiger partial charge in [0.2, 0.25) is 11.1 Å². The quantitative estimate of drug-likeness (QED) is 0.730. The summed E-state index contributed by atoms with van der Waals surface area (Å²) in [6, 6.07) is 7.67. The average Bonchev–Trinajstić information content (AvgIpc) is 3.54. The first-order valence-corrected chi connectivity index (χ1v) is 9.29. The first-order valence-electron chi connectivity index (χ1n) is 8.31. The number of hydrogen-bond acceptors (Lipinski definition) is 6. The van der Waals surface area contributed by atoms with Gasteiger partial charge in [-0.15, -0.1) is 5.10 Å². The summed E-state index contributed by atoms with van der Waals surface area (Å²) in [5, 5.41) is 18.0. The highest BCUT2D eigenvalue weighted by molar-refractivity contribution is 7.99. The molecule has 2 aromatic rings. The molecule has 2 saturated carbocycles. The molecule has 0 spiro atoms. The Balaban J connectivity index is 1.37. The minimum atomic E-state index is -0.193. The highest BCUT2D eigenvalue weighted by atomic mass is 32.2. The number of para-hydroxylation sites is 1. The molecule has 2 aliphatic rings. The summed E-state index contributed by atoms with van der Waals surface area (Å²) in [6.45, 7) is 0. The van der Waals surface area contributed by atoms with Gasteiger partial charge in [-0.05, 0) is 48.2 Å². The molecule has 0 atom stereocenters. The minimum absolute atomic E-state index is 0.149. The summed E-state index contributed by atoms with van der Waals surface area (Å²) in [4.78, 5) is 24.5. The molecule has 8 nitrogen and oxygen atoms in total. The van der Waals surface area contributed by atoms with Crippen LogP contribution >= 0.6 is 11.8 Å². The lowest BCUT2D eigenvalue weighted by molar-refractivity contribution is -0.113. The van der Waals surface area contributed by atoms with Crippen LogP contribution in [-0.4, -0.2) is 43.8 Å². The Morgan fingerprint density at radius 2 is 2.00 bits per heavy atom. The molecule has 25 heavy (non-hydrogen) atoms. The van der Waals surface area contributed by atoms with Crippen molar-refractivity contribution in [3.63, 3.8) is 0 Å². The number of nitrogens with zero attached hydrogens (tertiary/aromatic N) is 4. The van der Waals surface area contributed by atoms with E-state index < -0.39 is 0 Å². The second-order valence-corrected chi connectivity index (χ2v) is 7.21. The van der Waals surface area contributed by atoms with E-state index in [9.17, 15) is 9.59 Å². The standard InChI is InChI=1S/C16H18N6O2S/c23-14(9-25-16-19-20-21-22(16)11-7-8-11)18-13-4-2-1-3-12(13)15(24)17-10-5-6-10/h1-4,10-11H,5-9H2,(H,17,24)(H,18,23). The maximum atomic E-state index is 12.3. The monoisotopic (exact) mass is 358 g/mol. The van der Waals surface area contributed by atoms with Gasteiger partial charge in [-0.3, -0.25) is 9.59 Å². The van der Waals surface area contributed by atoms with Gasteiger partial charge in [-0.25, -0.2) is 4.68 Å². The van der Waals surface area contributed by atoms with E-state index in [2.05, 4.69) is 26.2 Å². The van der Waals surface area contributed by atoms with Crippen LogP contribution in [0.25, 0.3) is 0 Å². The average molecular weight is 358 g/mol. The third-order valence-corrected chi connectivity index (χ3v) is 4.98. The van der Waals surface area contributed by atoms with Gasteiger partial charge in [-0.1, -0.05) is 23.9 Å². The van der Waals surface area contributed by atoms with Crippen molar-refractivity contribution >= 4 is 29.3 Å². The number of amides is 2. The van der Waals surface area contributed by atoms with Crippen molar-refractivity contribution in [2.45, 2.75) is 42.9 Å². The van der Waals surface area contributed by atoms with E-state index in [1.165, 1.54) is 11.8 Å². The molecule has 130 valence electrons. The van der Waals surface area contributed by atoms with E-state index in [-0.39, 0.29) is 23.6 Å². The lowest BCUT2D eigenvalue weighted by Crippen LogP contribution is -2.27. The molecular formula is C16H18N6O2S. The number of benzene rings is 1. The predicted molar refractivity (Wildman–Crippen MR) is 92.4 cm³/mol. The fraction of sp³-hybridized carbons (Fsp3) is 0.438. The molecule has 9 heteroatoms. The molecule has 0 radical (unpaired) electrons. The Morgan fingerprint density at radius 1 is 1.20 bits per heavy atom. The van der Waals surface area contributed by atoms with Crippen molar-refractivity contribution in [3.05, 3.63) is 29.8 Å². The second-order valence-electron chi connectivity index (χ2n) is 6.27. The Labute approximate surface area is 148 Å². The number of anilines is 1. The van der Waals surface area contributed by atoms with Gasteiger partial charge in [-0.2, -0.15) is 0 Å². The van der Waals surface area contributed by atoms with Crippen LogP contribution in [0.3, 0.4) is 0 Å². The number of carbonyl (C=O) groups excluding carboxylic acids is 2. The Hall–Kier alpha value is -2.42. The number of thioether (sulfide) groups is 1. The van der Waals surface area contributed by atoms with Gasteiger partial charge in [0.1, 0.15) is 0 Å². The number of rotatable bonds is 7. The largest absolute Gasteiger partial charge is 0.349 e. The number of aromatic nitrogens is 4. The molecule has 2 aliphatic carbocycles. The second kappa shape index (κ2) is 6.83. The number of hydrogen-bond donors (Lipinski definition) is 2. The molecule has 1 aromatic carbocycles. The van der Waals surface area contributed by atoms with Crippen LogP contribution in [0.5, 0.6) is 0 Å². The third-order valence-electron chi connectivity index (χ3n) is 4.05. The summed E-state index contributed by atoms with van der Waals surface area (Å²) >= 11 is 1.30. The molecule has 0 unspecified atom stereocenters. The van der Waals surface area contributed by atoms with Crippen molar-refractivity contribution in [1.29, 1.82) is 0 Å². The van der Waals surface area contributed by atoms with E-state index in [0.29, 0.717) is 22.4 Å². The molecule has 1 heterocycles. The zero-order valence-electron chi connectivity index (χ0n) is 13.5. The smallest absolute Gasteiger partial charge is 0.253 e. The molecule has 0 bridgehead atoms. The van der Waals surface area contributed by atoms with Crippen LogP contribution in [0, 0.1) is 0 Å². The summed E-state index contributed by atoms with van der Waals surface area (Å²) in [6.07, 6.45) is 4.20. The lowest BCUT2D eigenvalue weighted by atomic mass is 10.1. The molecule has 2 N–H and O–H groups in total. The van der Waals surface area contributed by atoms with Crippen molar-refractivity contribution in [2.75, 3.05) is 11.1 Å². The van der Waals surface area contributed by atoms with E-state index >= 15 is 0 Å². The normalized spacial score (nSPS) is 16.5. The van der Waals surface area contributed by atoms with Gasteiger partial charge < -0.3 is 10.6 Å². The summed E-state index contributed by atoms with van der Waals surface area (Å²) < 4.78 is 1.77. The number of carbonyl (C=O) groups is 2. The Morgan fingerprint density at radius 3 is 2.76 bits per heavy atom. The Kier molecular flexibility index (Phi) is 4.39. The van der Waals surface area contributed by atoms with Gasteiger partial charge in [0.05, 0.1) is 23.0 Å². The zero-order valence-corrected chi connectivity index (χ0v) is 14.3. The summed E-state index contributed by atoms with van der Waals surface area (Å²) in [5.41, 5.74) is 1.00. The van der Waals surface area contributed by atoms with Gasteiger partial charge >= 0.3 is 0 Å². The van der Waals surface area contributed by atoms with Crippen LogP contribution < -0.4 is 10.6 Å². The van der Waals surface area contributed by atoms with Gasteiger partial charge in [0.15, 0.2) is 0 Å². The SMILES string of the molecule is O=C(CSc1nnnn1C1CC1)Nc1ccccc1C(=O)NC1CC1. The molecular weight excluding hydrogens is 340 g/mol. The maximum absolute atomic E-state index is 12.3. The highest BCUT2D eigenvalue weighted by Gasteiger charge is 2.28. The van der Waals surface area contributed by atoms with Gasteiger partial charge in [0.25, 0.3) is 5.91 Å². The summed E-state index contributed by atoms with van der Waals surface area (Å²) in [5.74, 6) is -0.156. The topological polar surface area (TPSA) is 102 Å². The molecule has 0 aliphatic heterocycles. The summed E-state index contributed by atoms with van der Waals surface area (Å²) in [7, 11) is 0. The zero-order chi connectivity index (χ0) is 17.2. The number of nitrogens with one attached hydrogen (secondary N) is 2. The number of tetrazole rings is 1. The third kappa shape index (κ3) is 3.98. The van der Waals surface area contributed by atoms with E-state index in [0.717, 1.165) is 25.7 Å². The van der Waals surface area contributed by atoms with Crippen LogP contribution in [0.15, 0.2) is 29.4 Å². The van der Waals surface area contributed by atoms with Crippen LogP contribution in [0.2, 0.25) is 0 Å². The molecule has 2 amide bonds. The molecule has 1 aromatic heterocycles. The van der Waals surface area contributed by atoms with Crippen LogP contribution in [-0.2, 0) is 4.79 Å². The van der Waals surface area contributed by atoms with Crippen molar-refractivity contribution < 1.29 is 9.59 Å². The first-order chi connectivity index (χ1) is 12.2. The van der Waals surface area contributed by atoms with E-state index in [1.54, 1.807) is 28.9 Å². The van der Waals surface area contributed by atoms with E-state index in [4.69, 9.17) is 0 Å². The van der Waals surface area contributed by atoms with Crippen molar-refractivity contribution in [1.82, 2.24) is 25.5 Å². The predicted octanol–water partition coefficient (Wildman–Crippen LogP) is 1.63. The highest BCUT2D eigenvalue weighted by Crippen LogP contribution is 2.36. The lowest BCUT2D eigenvalue weighted by Gasteiger charge is -2.11. The Bertz CT molecular complexity index is 799. The van der Waals surface area contributed by atoms with Gasteiger partial charge in [0, 0.05) is 6.04 Å². The van der Waals surface area contributed by atoms with E-state index in [1.807, 2.05) is 0 Å². The minimum Gasteiger partial charge on any atom is -0.349 e. The van der Waals surface area contributed by atoms with Crippen molar-refractivity contribution in [2.24, 2.45) is 0 Å². The molecule has 0 saturated heterocycles. The van der Waals surface area contributed by atoms with Crippen molar-refractivity contribution in [3.8, 4) is 0 Å². The fourth-order valence-electron chi connectivity index (χ4n) is 2.43. The first kappa shape index (κ1) is 16.1. The maximum Gasteiger partial charge on any atom is 0.253 e. The molecule has 2 fully saturated rings.